The first-order chi connectivity index (χ1) is 11.6. The molecule has 1 fully saturated rings. The molecule has 0 unspecified atom stereocenters. The first-order valence-electron chi connectivity index (χ1n) is 8.32. The maximum absolute atomic E-state index is 12.5. The minimum atomic E-state index is -0.271. The number of aryl methyl sites for hydroxylation is 1. The zero-order valence-electron chi connectivity index (χ0n) is 13.5. The van der Waals surface area contributed by atoms with E-state index in [2.05, 4.69) is 10.3 Å². The van der Waals surface area contributed by atoms with E-state index in [0.717, 1.165) is 36.8 Å². The van der Waals surface area contributed by atoms with Gasteiger partial charge < -0.3 is 10.3 Å². The second kappa shape index (κ2) is 7.22. The molecule has 1 aromatic heterocycles. The molecule has 1 saturated carbocycles. The van der Waals surface area contributed by atoms with Gasteiger partial charge in [-0.25, -0.2) is 0 Å². The molecular weight excluding hydrogens is 324 g/mol. The van der Waals surface area contributed by atoms with Gasteiger partial charge in [-0.05, 0) is 42.5 Å². The Hall–Kier alpha value is -2.07. The van der Waals surface area contributed by atoms with Gasteiger partial charge in [0.25, 0.3) is 0 Å². The standard InChI is InChI=1S/C19H21ClN2O2/c20-16-7-5-15(6-8-16)19(11-1-2-12-19)22-18(24)10-4-14-3-9-17(23)21-13-14/h3,5-9,13H,1-2,4,10-12H2,(H,21,23)(H,22,24). The second-order valence-electron chi connectivity index (χ2n) is 6.41. The van der Waals surface area contributed by atoms with Crippen molar-refractivity contribution in [3.63, 3.8) is 0 Å². The zero-order chi connectivity index (χ0) is 17.0. The summed E-state index contributed by atoms with van der Waals surface area (Å²) in [6.07, 6.45) is 6.82. The van der Waals surface area contributed by atoms with Crippen LogP contribution in [0.2, 0.25) is 5.02 Å². The van der Waals surface area contributed by atoms with Crippen molar-refractivity contribution in [3.05, 3.63) is 69.1 Å². The quantitative estimate of drug-likeness (QED) is 0.871. The summed E-state index contributed by atoms with van der Waals surface area (Å²) in [5.41, 5.74) is 1.68. The van der Waals surface area contributed by atoms with E-state index in [1.54, 1.807) is 12.3 Å². The van der Waals surface area contributed by atoms with Crippen LogP contribution < -0.4 is 10.9 Å². The van der Waals surface area contributed by atoms with Gasteiger partial charge in [-0.15, -0.1) is 0 Å². The normalized spacial score (nSPS) is 16.0. The second-order valence-corrected chi connectivity index (χ2v) is 6.84. The summed E-state index contributed by atoms with van der Waals surface area (Å²) in [6.45, 7) is 0. The summed E-state index contributed by atoms with van der Waals surface area (Å²) >= 11 is 5.99. The Labute approximate surface area is 146 Å². The van der Waals surface area contributed by atoms with E-state index in [4.69, 9.17) is 11.6 Å². The Morgan fingerprint density at radius 2 is 1.83 bits per heavy atom. The van der Waals surface area contributed by atoms with E-state index in [0.29, 0.717) is 17.9 Å². The van der Waals surface area contributed by atoms with E-state index < -0.39 is 0 Å². The number of hydrogen-bond donors (Lipinski definition) is 2. The predicted octanol–water partition coefficient (Wildman–Crippen LogP) is 3.55. The van der Waals surface area contributed by atoms with Crippen molar-refractivity contribution in [3.8, 4) is 0 Å². The minimum absolute atomic E-state index is 0.0399. The number of halogens is 1. The summed E-state index contributed by atoms with van der Waals surface area (Å²) in [7, 11) is 0. The molecule has 1 aliphatic rings. The highest BCUT2D eigenvalue weighted by molar-refractivity contribution is 6.30. The van der Waals surface area contributed by atoms with Crippen LogP contribution in [0, 0.1) is 0 Å². The molecule has 0 radical (unpaired) electrons. The third kappa shape index (κ3) is 3.88. The van der Waals surface area contributed by atoms with Gasteiger partial charge in [0.1, 0.15) is 0 Å². The van der Waals surface area contributed by atoms with Crippen molar-refractivity contribution in [2.24, 2.45) is 0 Å². The van der Waals surface area contributed by atoms with Crippen molar-refractivity contribution in [2.45, 2.75) is 44.1 Å². The molecule has 5 heteroatoms. The van der Waals surface area contributed by atoms with Crippen LogP contribution in [0.25, 0.3) is 0 Å². The van der Waals surface area contributed by atoms with Crippen LogP contribution in [0.3, 0.4) is 0 Å². The molecule has 0 saturated heterocycles. The van der Waals surface area contributed by atoms with E-state index in [9.17, 15) is 9.59 Å². The van der Waals surface area contributed by atoms with Crippen molar-refractivity contribution in [1.29, 1.82) is 0 Å². The van der Waals surface area contributed by atoms with Crippen LogP contribution in [-0.4, -0.2) is 10.9 Å². The van der Waals surface area contributed by atoms with Crippen LogP contribution in [-0.2, 0) is 16.8 Å². The van der Waals surface area contributed by atoms with Crippen LogP contribution in [0.1, 0.15) is 43.2 Å². The number of nitrogens with one attached hydrogen (secondary N) is 2. The highest BCUT2D eigenvalue weighted by Crippen LogP contribution is 2.39. The van der Waals surface area contributed by atoms with Crippen LogP contribution >= 0.6 is 11.6 Å². The van der Waals surface area contributed by atoms with Crippen LogP contribution in [0.4, 0.5) is 0 Å². The fourth-order valence-corrected chi connectivity index (χ4v) is 3.54. The Balaban J connectivity index is 1.67. The maximum atomic E-state index is 12.5. The minimum Gasteiger partial charge on any atom is -0.347 e. The van der Waals surface area contributed by atoms with Crippen molar-refractivity contribution >= 4 is 17.5 Å². The summed E-state index contributed by atoms with van der Waals surface area (Å²) in [4.78, 5) is 26.2. The van der Waals surface area contributed by atoms with Crippen molar-refractivity contribution < 1.29 is 4.79 Å². The number of aromatic nitrogens is 1. The fourth-order valence-electron chi connectivity index (χ4n) is 3.42. The first-order valence-corrected chi connectivity index (χ1v) is 8.70. The molecule has 3 rings (SSSR count). The Morgan fingerprint density at radius 3 is 2.46 bits per heavy atom. The number of amides is 1. The third-order valence-corrected chi connectivity index (χ3v) is 4.97. The SMILES string of the molecule is O=C(CCc1ccc(=O)[nH]c1)NC1(c2ccc(Cl)cc2)CCCC1. The number of rotatable bonds is 5. The topological polar surface area (TPSA) is 62.0 Å². The molecule has 126 valence electrons. The average Bonchev–Trinajstić information content (AvgIpc) is 3.04. The van der Waals surface area contributed by atoms with E-state index in [-0.39, 0.29) is 17.0 Å². The number of carbonyl (C=O) groups is 1. The Bertz CT molecular complexity index is 741. The first kappa shape index (κ1) is 16.8. The predicted molar refractivity (Wildman–Crippen MR) is 95.1 cm³/mol. The van der Waals surface area contributed by atoms with Crippen molar-refractivity contribution in [1.82, 2.24) is 10.3 Å². The van der Waals surface area contributed by atoms with E-state index in [1.807, 2.05) is 24.3 Å². The fraction of sp³-hybridized carbons (Fsp3) is 0.368. The lowest BCUT2D eigenvalue weighted by atomic mass is 9.88. The van der Waals surface area contributed by atoms with Gasteiger partial charge in [-0.1, -0.05) is 42.6 Å². The molecule has 1 amide bonds. The van der Waals surface area contributed by atoms with Gasteiger partial charge in [0, 0.05) is 23.7 Å². The molecule has 1 aromatic carbocycles. The molecule has 2 aromatic rings. The Morgan fingerprint density at radius 1 is 1.12 bits per heavy atom. The van der Waals surface area contributed by atoms with E-state index >= 15 is 0 Å². The lowest BCUT2D eigenvalue weighted by molar-refractivity contribution is -0.123. The molecule has 24 heavy (non-hydrogen) atoms. The molecule has 0 aliphatic heterocycles. The molecule has 0 bridgehead atoms. The number of hydrogen-bond acceptors (Lipinski definition) is 2. The summed E-state index contributed by atoms with van der Waals surface area (Å²) in [5.74, 6) is 0.0399. The molecule has 4 nitrogen and oxygen atoms in total. The third-order valence-electron chi connectivity index (χ3n) is 4.72. The van der Waals surface area contributed by atoms with Crippen molar-refractivity contribution in [2.75, 3.05) is 0 Å². The molecule has 1 aliphatic carbocycles. The molecule has 2 N–H and O–H groups in total. The molecular formula is C19H21ClN2O2. The van der Waals surface area contributed by atoms with E-state index in [1.165, 1.54) is 6.07 Å². The zero-order valence-corrected chi connectivity index (χ0v) is 14.2. The van der Waals surface area contributed by atoms with Gasteiger partial charge >= 0.3 is 0 Å². The maximum Gasteiger partial charge on any atom is 0.247 e. The molecule has 1 heterocycles. The number of pyridine rings is 1. The van der Waals surface area contributed by atoms with Gasteiger partial charge in [0.15, 0.2) is 0 Å². The van der Waals surface area contributed by atoms with Gasteiger partial charge in [-0.3, -0.25) is 9.59 Å². The smallest absolute Gasteiger partial charge is 0.247 e. The van der Waals surface area contributed by atoms with Gasteiger partial charge in [0.05, 0.1) is 5.54 Å². The highest BCUT2D eigenvalue weighted by Gasteiger charge is 2.36. The number of aromatic amines is 1. The lowest BCUT2D eigenvalue weighted by Crippen LogP contribution is -2.43. The Kier molecular flexibility index (Phi) is 5.05. The highest BCUT2D eigenvalue weighted by atomic mass is 35.5. The van der Waals surface area contributed by atoms with Crippen LogP contribution in [0.15, 0.2) is 47.4 Å². The summed E-state index contributed by atoms with van der Waals surface area (Å²) < 4.78 is 0. The number of H-pyrrole nitrogens is 1. The lowest BCUT2D eigenvalue weighted by Gasteiger charge is -2.31. The largest absolute Gasteiger partial charge is 0.347 e. The summed E-state index contributed by atoms with van der Waals surface area (Å²) in [6, 6.07) is 11.0. The van der Waals surface area contributed by atoms with Gasteiger partial charge in [0.2, 0.25) is 11.5 Å². The summed E-state index contributed by atoms with van der Waals surface area (Å²) in [5, 5.41) is 3.96. The number of carbonyl (C=O) groups excluding carboxylic acids is 1. The average molecular weight is 345 g/mol. The number of benzene rings is 1. The van der Waals surface area contributed by atoms with Gasteiger partial charge in [-0.2, -0.15) is 0 Å². The van der Waals surface area contributed by atoms with Crippen LogP contribution in [0.5, 0.6) is 0 Å². The molecule has 0 spiro atoms. The molecule has 0 atom stereocenters. The monoisotopic (exact) mass is 344 g/mol.